The van der Waals surface area contributed by atoms with Crippen LogP contribution >= 0.6 is 0 Å². The zero-order valence-electron chi connectivity index (χ0n) is 8.82. The van der Waals surface area contributed by atoms with Crippen molar-refractivity contribution in [1.82, 2.24) is 9.88 Å². The lowest BCUT2D eigenvalue weighted by atomic mass is 10.1. The number of nitrogens with two attached hydrogens (primary N) is 1. The van der Waals surface area contributed by atoms with E-state index < -0.39 is 6.04 Å². The normalized spacial score (nSPS) is 14.9. The van der Waals surface area contributed by atoms with E-state index in [1.807, 2.05) is 37.0 Å². The van der Waals surface area contributed by atoms with Crippen molar-refractivity contribution in [3.63, 3.8) is 0 Å². The molecule has 1 unspecified atom stereocenters. The fourth-order valence-electron chi connectivity index (χ4n) is 1.21. The Labute approximate surface area is 84.1 Å². The van der Waals surface area contributed by atoms with Crippen LogP contribution in [-0.2, 0) is 11.8 Å². The molecule has 1 rings (SSSR count). The summed E-state index contributed by atoms with van der Waals surface area (Å²) in [6.45, 7) is 3.61. The summed E-state index contributed by atoms with van der Waals surface area (Å²) in [5, 5.41) is 2.83. The smallest absolute Gasteiger partial charge is 0.237 e. The highest BCUT2D eigenvalue weighted by molar-refractivity contribution is 5.81. The fraction of sp³-hybridized carbons (Fsp3) is 0.500. The van der Waals surface area contributed by atoms with E-state index >= 15 is 0 Å². The molecule has 4 heteroatoms. The van der Waals surface area contributed by atoms with Crippen LogP contribution in [0.15, 0.2) is 18.5 Å². The molecular weight excluding hydrogens is 178 g/mol. The van der Waals surface area contributed by atoms with Crippen LogP contribution < -0.4 is 11.1 Å². The molecule has 0 bridgehead atoms. The number of nitrogens with one attached hydrogen (secondary N) is 1. The average molecular weight is 195 g/mol. The molecule has 1 heterocycles. The Morgan fingerprint density at radius 3 is 2.64 bits per heavy atom. The summed E-state index contributed by atoms with van der Waals surface area (Å²) in [4.78, 5) is 11.3. The predicted octanol–water partition coefficient (Wildman–Crippen LogP) is 0.549. The Morgan fingerprint density at radius 2 is 2.21 bits per heavy atom. The van der Waals surface area contributed by atoms with E-state index in [0.29, 0.717) is 0 Å². The molecule has 0 aliphatic carbocycles. The highest BCUT2D eigenvalue weighted by atomic mass is 16.2. The third kappa shape index (κ3) is 2.60. The maximum absolute atomic E-state index is 11.3. The van der Waals surface area contributed by atoms with E-state index in [9.17, 15) is 4.79 Å². The standard InChI is InChI=1S/C10H17N3O/c1-7(11)10(14)12-8(2)9-4-5-13(3)6-9/h4-8H,11H2,1-3H3,(H,12,14)/t7-,8?/m1/s1. The van der Waals surface area contributed by atoms with Gasteiger partial charge < -0.3 is 15.6 Å². The van der Waals surface area contributed by atoms with Gasteiger partial charge in [0.25, 0.3) is 0 Å². The van der Waals surface area contributed by atoms with Gasteiger partial charge in [-0.15, -0.1) is 0 Å². The Hall–Kier alpha value is -1.29. The lowest BCUT2D eigenvalue weighted by Gasteiger charge is -2.14. The molecule has 1 amide bonds. The second-order valence-electron chi connectivity index (χ2n) is 3.63. The third-order valence-electron chi connectivity index (χ3n) is 2.13. The van der Waals surface area contributed by atoms with Gasteiger partial charge in [-0.3, -0.25) is 4.79 Å². The summed E-state index contributed by atoms with van der Waals surface area (Å²) < 4.78 is 1.95. The minimum atomic E-state index is -0.457. The van der Waals surface area contributed by atoms with Gasteiger partial charge in [0, 0.05) is 19.4 Å². The maximum Gasteiger partial charge on any atom is 0.237 e. The summed E-state index contributed by atoms with van der Waals surface area (Å²) in [5.41, 5.74) is 6.53. The molecule has 0 radical (unpaired) electrons. The number of hydrogen-bond donors (Lipinski definition) is 2. The van der Waals surface area contributed by atoms with E-state index in [2.05, 4.69) is 5.32 Å². The van der Waals surface area contributed by atoms with Crippen LogP contribution in [0.2, 0.25) is 0 Å². The number of nitrogens with zero attached hydrogens (tertiary/aromatic N) is 1. The SMILES string of the molecule is CC(NC(=O)[C@@H](C)N)c1ccn(C)c1. The van der Waals surface area contributed by atoms with Crippen molar-refractivity contribution in [3.05, 3.63) is 24.0 Å². The Bertz CT molecular complexity index is 317. The van der Waals surface area contributed by atoms with E-state index in [-0.39, 0.29) is 11.9 Å². The first kappa shape index (κ1) is 10.8. The largest absolute Gasteiger partial charge is 0.357 e. The number of carbonyl (C=O) groups is 1. The van der Waals surface area contributed by atoms with Crippen LogP contribution in [0, 0.1) is 0 Å². The summed E-state index contributed by atoms with van der Waals surface area (Å²) in [6.07, 6.45) is 3.93. The molecule has 0 spiro atoms. The zero-order valence-corrected chi connectivity index (χ0v) is 8.82. The van der Waals surface area contributed by atoms with Gasteiger partial charge in [-0.2, -0.15) is 0 Å². The van der Waals surface area contributed by atoms with Crippen molar-refractivity contribution in [1.29, 1.82) is 0 Å². The van der Waals surface area contributed by atoms with Gasteiger partial charge in [-0.25, -0.2) is 0 Å². The van der Waals surface area contributed by atoms with Crippen LogP contribution in [-0.4, -0.2) is 16.5 Å². The minimum absolute atomic E-state index is 0.00898. The first-order chi connectivity index (χ1) is 6.50. The van der Waals surface area contributed by atoms with Crippen molar-refractivity contribution >= 4 is 5.91 Å². The molecule has 0 aliphatic rings. The average Bonchev–Trinajstić information content (AvgIpc) is 2.51. The van der Waals surface area contributed by atoms with Crippen molar-refractivity contribution < 1.29 is 4.79 Å². The number of carbonyl (C=O) groups excluding carboxylic acids is 1. The minimum Gasteiger partial charge on any atom is -0.357 e. The molecule has 14 heavy (non-hydrogen) atoms. The maximum atomic E-state index is 11.3. The van der Waals surface area contributed by atoms with Crippen molar-refractivity contribution in [2.24, 2.45) is 12.8 Å². The number of rotatable bonds is 3. The van der Waals surface area contributed by atoms with Crippen LogP contribution in [0.25, 0.3) is 0 Å². The molecule has 0 aromatic carbocycles. The molecule has 78 valence electrons. The molecule has 0 saturated carbocycles. The van der Waals surface area contributed by atoms with E-state index in [4.69, 9.17) is 5.73 Å². The molecule has 1 aromatic heterocycles. The second-order valence-corrected chi connectivity index (χ2v) is 3.63. The molecule has 1 aromatic rings. The van der Waals surface area contributed by atoms with E-state index in [1.54, 1.807) is 6.92 Å². The monoisotopic (exact) mass is 195 g/mol. The molecular formula is C10H17N3O. The third-order valence-corrected chi connectivity index (χ3v) is 2.13. The van der Waals surface area contributed by atoms with Gasteiger partial charge >= 0.3 is 0 Å². The zero-order chi connectivity index (χ0) is 10.7. The number of aryl methyl sites for hydroxylation is 1. The summed E-state index contributed by atoms with van der Waals surface area (Å²) >= 11 is 0. The van der Waals surface area contributed by atoms with Gasteiger partial charge in [-0.1, -0.05) is 0 Å². The first-order valence-electron chi connectivity index (χ1n) is 4.68. The molecule has 0 aliphatic heterocycles. The van der Waals surface area contributed by atoms with Gasteiger partial charge in [0.05, 0.1) is 12.1 Å². The van der Waals surface area contributed by atoms with Crippen molar-refractivity contribution in [2.75, 3.05) is 0 Å². The second kappa shape index (κ2) is 4.28. The number of aromatic nitrogens is 1. The summed E-state index contributed by atoms with van der Waals surface area (Å²) in [7, 11) is 1.95. The quantitative estimate of drug-likeness (QED) is 0.740. The lowest BCUT2D eigenvalue weighted by molar-refractivity contribution is -0.122. The number of hydrogen-bond acceptors (Lipinski definition) is 2. The van der Waals surface area contributed by atoms with Crippen molar-refractivity contribution in [2.45, 2.75) is 25.9 Å². The van der Waals surface area contributed by atoms with Crippen molar-refractivity contribution in [3.8, 4) is 0 Å². The van der Waals surface area contributed by atoms with Crippen LogP contribution in [0.1, 0.15) is 25.5 Å². The topological polar surface area (TPSA) is 60.1 Å². The van der Waals surface area contributed by atoms with Crippen LogP contribution in [0.4, 0.5) is 0 Å². The van der Waals surface area contributed by atoms with Crippen LogP contribution in [0.3, 0.4) is 0 Å². The van der Waals surface area contributed by atoms with Gasteiger partial charge in [-0.05, 0) is 25.5 Å². The predicted molar refractivity (Wildman–Crippen MR) is 55.6 cm³/mol. The highest BCUT2D eigenvalue weighted by Gasteiger charge is 2.12. The molecule has 4 nitrogen and oxygen atoms in total. The summed E-state index contributed by atoms with van der Waals surface area (Å²) in [6, 6.07) is 1.53. The highest BCUT2D eigenvalue weighted by Crippen LogP contribution is 2.11. The molecule has 0 saturated heterocycles. The Balaban J connectivity index is 2.59. The van der Waals surface area contributed by atoms with Gasteiger partial charge in [0.15, 0.2) is 0 Å². The first-order valence-corrected chi connectivity index (χ1v) is 4.68. The Kier molecular flexibility index (Phi) is 3.30. The molecule has 3 N–H and O–H groups in total. The van der Waals surface area contributed by atoms with Gasteiger partial charge in [0.2, 0.25) is 5.91 Å². The van der Waals surface area contributed by atoms with Crippen LogP contribution in [0.5, 0.6) is 0 Å². The molecule has 0 fully saturated rings. The fourth-order valence-corrected chi connectivity index (χ4v) is 1.21. The van der Waals surface area contributed by atoms with E-state index in [0.717, 1.165) is 5.56 Å². The summed E-state index contributed by atoms with van der Waals surface area (Å²) in [5.74, 6) is -0.124. The Morgan fingerprint density at radius 1 is 1.57 bits per heavy atom. The molecule has 2 atom stereocenters. The number of amides is 1. The van der Waals surface area contributed by atoms with Gasteiger partial charge in [0.1, 0.15) is 0 Å². The lowest BCUT2D eigenvalue weighted by Crippen LogP contribution is -2.39. The van der Waals surface area contributed by atoms with E-state index in [1.165, 1.54) is 0 Å².